The van der Waals surface area contributed by atoms with E-state index in [1.807, 2.05) is 74.0 Å². The Hall–Kier alpha value is -3.54. The van der Waals surface area contributed by atoms with Crippen molar-refractivity contribution < 1.29 is 14.3 Å². The number of para-hydroxylation sites is 1. The van der Waals surface area contributed by atoms with Crippen LogP contribution < -0.4 is 14.8 Å². The molecule has 0 bridgehead atoms. The lowest BCUT2D eigenvalue weighted by Crippen LogP contribution is -2.25. The van der Waals surface area contributed by atoms with Crippen molar-refractivity contribution in [2.24, 2.45) is 0 Å². The topological polar surface area (TPSA) is 65.4 Å². The fourth-order valence-electron chi connectivity index (χ4n) is 3.39. The van der Waals surface area contributed by atoms with Gasteiger partial charge in [0.2, 0.25) is 5.91 Å². The van der Waals surface area contributed by atoms with E-state index >= 15 is 0 Å². The Balaban J connectivity index is 1.75. The summed E-state index contributed by atoms with van der Waals surface area (Å²) in [4.78, 5) is 12.5. The number of amides is 1. The molecule has 0 fully saturated rings. The Bertz CT molecular complexity index is 1060. The van der Waals surface area contributed by atoms with Crippen LogP contribution in [0, 0.1) is 13.8 Å². The monoisotopic (exact) mass is 405 g/mol. The first-order valence-electron chi connectivity index (χ1n) is 9.76. The van der Waals surface area contributed by atoms with Gasteiger partial charge < -0.3 is 14.8 Å². The minimum atomic E-state index is -0.225. The van der Waals surface area contributed by atoms with E-state index in [0.717, 1.165) is 28.2 Å². The number of nitrogens with one attached hydrogen (secondary N) is 1. The zero-order valence-corrected chi connectivity index (χ0v) is 18.0. The SMILES string of the molecule is COc1ccc(C(C)NC(=O)/C=C/c2c(C)nn(-c3ccccc3)c2C)c(OC)c1. The van der Waals surface area contributed by atoms with E-state index in [-0.39, 0.29) is 11.9 Å². The maximum atomic E-state index is 12.5. The van der Waals surface area contributed by atoms with Gasteiger partial charge >= 0.3 is 0 Å². The van der Waals surface area contributed by atoms with Crippen LogP contribution in [0.5, 0.6) is 11.5 Å². The van der Waals surface area contributed by atoms with Gasteiger partial charge in [0.15, 0.2) is 0 Å². The molecule has 0 saturated carbocycles. The normalized spacial score (nSPS) is 12.0. The molecular weight excluding hydrogens is 378 g/mol. The highest BCUT2D eigenvalue weighted by atomic mass is 16.5. The van der Waals surface area contributed by atoms with Crippen LogP contribution in [0.2, 0.25) is 0 Å². The fraction of sp³-hybridized carbons (Fsp3) is 0.250. The van der Waals surface area contributed by atoms with Gasteiger partial charge in [-0.05, 0) is 51.1 Å². The molecule has 0 radical (unpaired) electrons. The molecule has 6 heteroatoms. The molecule has 3 aromatic rings. The average molecular weight is 405 g/mol. The molecule has 2 aromatic carbocycles. The summed E-state index contributed by atoms with van der Waals surface area (Å²) in [5.74, 6) is 1.18. The number of rotatable bonds is 7. The molecule has 1 N–H and O–H groups in total. The van der Waals surface area contributed by atoms with Crippen molar-refractivity contribution in [3.63, 3.8) is 0 Å². The van der Waals surface area contributed by atoms with Crippen molar-refractivity contribution in [1.29, 1.82) is 0 Å². The number of methoxy groups -OCH3 is 2. The molecule has 1 heterocycles. The molecule has 0 aliphatic heterocycles. The van der Waals surface area contributed by atoms with Crippen LogP contribution in [-0.2, 0) is 4.79 Å². The summed E-state index contributed by atoms with van der Waals surface area (Å²) in [6.07, 6.45) is 3.35. The standard InChI is InChI=1S/C24H27N3O3/c1-16(22-12-11-20(29-4)15-23(22)30-5)25-24(28)14-13-21-17(2)26-27(18(21)3)19-9-7-6-8-10-19/h6-16H,1-5H3,(H,25,28)/b14-13+. The Kier molecular flexibility index (Phi) is 6.57. The maximum Gasteiger partial charge on any atom is 0.244 e. The van der Waals surface area contributed by atoms with Gasteiger partial charge in [-0.25, -0.2) is 4.68 Å². The van der Waals surface area contributed by atoms with Crippen LogP contribution in [-0.4, -0.2) is 29.9 Å². The van der Waals surface area contributed by atoms with Gasteiger partial charge in [-0.15, -0.1) is 0 Å². The Morgan fingerprint density at radius 3 is 2.50 bits per heavy atom. The summed E-state index contributed by atoms with van der Waals surface area (Å²) in [6.45, 7) is 5.85. The van der Waals surface area contributed by atoms with Crippen LogP contribution in [0.4, 0.5) is 0 Å². The Morgan fingerprint density at radius 2 is 1.83 bits per heavy atom. The van der Waals surface area contributed by atoms with E-state index in [9.17, 15) is 4.79 Å². The van der Waals surface area contributed by atoms with Crippen molar-refractivity contribution in [3.05, 3.63) is 77.1 Å². The molecule has 1 atom stereocenters. The van der Waals surface area contributed by atoms with Crippen molar-refractivity contribution in [1.82, 2.24) is 15.1 Å². The largest absolute Gasteiger partial charge is 0.497 e. The maximum absolute atomic E-state index is 12.5. The molecule has 0 spiro atoms. The molecule has 3 rings (SSSR count). The first-order chi connectivity index (χ1) is 14.4. The summed E-state index contributed by atoms with van der Waals surface area (Å²) in [6, 6.07) is 15.3. The summed E-state index contributed by atoms with van der Waals surface area (Å²) in [7, 11) is 3.21. The first kappa shape index (κ1) is 21.2. The minimum Gasteiger partial charge on any atom is -0.497 e. The van der Waals surface area contributed by atoms with Gasteiger partial charge in [0.05, 0.1) is 31.6 Å². The minimum absolute atomic E-state index is 0.188. The van der Waals surface area contributed by atoms with E-state index in [2.05, 4.69) is 10.4 Å². The second-order valence-corrected chi connectivity index (χ2v) is 7.00. The van der Waals surface area contributed by atoms with E-state index < -0.39 is 0 Å². The molecule has 0 aliphatic carbocycles. The van der Waals surface area contributed by atoms with Gasteiger partial charge in [-0.1, -0.05) is 18.2 Å². The highest BCUT2D eigenvalue weighted by Crippen LogP contribution is 2.29. The fourth-order valence-corrected chi connectivity index (χ4v) is 3.39. The number of ether oxygens (including phenoxy) is 2. The highest BCUT2D eigenvalue weighted by Gasteiger charge is 2.15. The second kappa shape index (κ2) is 9.31. The van der Waals surface area contributed by atoms with Crippen LogP contribution in [0.1, 0.15) is 35.5 Å². The lowest BCUT2D eigenvalue weighted by atomic mass is 10.1. The summed E-state index contributed by atoms with van der Waals surface area (Å²) >= 11 is 0. The molecule has 6 nitrogen and oxygen atoms in total. The van der Waals surface area contributed by atoms with Crippen molar-refractivity contribution in [2.75, 3.05) is 14.2 Å². The molecule has 156 valence electrons. The van der Waals surface area contributed by atoms with Gasteiger partial charge in [0.25, 0.3) is 0 Å². The number of carbonyl (C=O) groups excluding carboxylic acids is 1. The van der Waals surface area contributed by atoms with Gasteiger partial charge in [0.1, 0.15) is 11.5 Å². The molecular formula is C24H27N3O3. The molecule has 1 aromatic heterocycles. The van der Waals surface area contributed by atoms with Crippen molar-refractivity contribution in [2.45, 2.75) is 26.8 Å². The summed E-state index contributed by atoms with van der Waals surface area (Å²) in [5, 5.41) is 7.59. The van der Waals surface area contributed by atoms with E-state index in [1.165, 1.54) is 0 Å². The number of aryl methyl sites for hydroxylation is 1. The predicted molar refractivity (Wildman–Crippen MR) is 118 cm³/mol. The van der Waals surface area contributed by atoms with E-state index in [1.54, 1.807) is 26.4 Å². The number of carbonyl (C=O) groups is 1. The Labute approximate surface area is 177 Å². The number of aromatic nitrogens is 2. The van der Waals surface area contributed by atoms with Gasteiger partial charge in [0, 0.05) is 29.0 Å². The third-order valence-corrected chi connectivity index (χ3v) is 5.02. The van der Waals surface area contributed by atoms with Crippen molar-refractivity contribution >= 4 is 12.0 Å². The zero-order valence-electron chi connectivity index (χ0n) is 18.0. The smallest absolute Gasteiger partial charge is 0.244 e. The van der Waals surface area contributed by atoms with Crippen LogP contribution in [0.3, 0.4) is 0 Å². The molecule has 0 aliphatic rings. The number of nitrogens with zero attached hydrogens (tertiary/aromatic N) is 2. The summed E-state index contributed by atoms with van der Waals surface area (Å²) in [5.41, 5.74) is 4.65. The second-order valence-electron chi connectivity index (χ2n) is 7.00. The molecule has 1 amide bonds. The third kappa shape index (κ3) is 4.54. The van der Waals surface area contributed by atoms with Crippen LogP contribution in [0.15, 0.2) is 54.6 Å². The molecule has 0 saturated heterocycles. The molecule has 30 heavy (non-hydrogen) atoms. The lowest BCUT2D eigenvalue weighted by molar-refractivity contribution is -0.117. The third-order valence-electron chi connectivity index (χ3n) is 5.02. The van der Waals surface area contributed by atoms with Gasteiger partial charge in [-0.2, -0.15) is 5.10 Å². The lowest BCUT2D eigenvalue weighted by Gasteiger charge is -2.17. The van der Waals surface area contributed by atoms with Crippen LogP contribution in [0.25, 0.3) is 11.8 Å². The van der Waals surface area contributed by atoms with E-state index in [4.69, 9.17) is 9.47 Å². The van der Waals surface area contributed by atoms with Gasteiger partial charge in [-0.3, -0.25) is 4.79 Å². The van der Waals surface area contributed by atoms with Crippen LogP contribution >= 0.6 is 0 Å². The van der Waals surface area contributed by atoms with Crippen molar-refractivity contribution in [3.8, 4) is 17.2 Å². The first-order valence-corrected chi connectivity index (χ1v) is 9.76. The number of benzene rings is 2. The number of hydrogen-bond acceptors (Lipinski definition) is 4. The van der Waals surface area contributed by atoms with E-state index in [0.29, 0.717) is 11.5 Å². The predicted octanol–water partition coefficient (Wildman–Crippen LogP) is 4.40. The highest BCUT2D eigenvalue weighted by molar-refractivity contribution is 5.92. The Morgan fingerprint density at radius 1 is 1.10 bits per heavy atom. The number of hydrogen-bond donors (Lipinski definition) is 1. The average Bonchev–Trinajstić information content (AvgIpc) is 3.05. The zero-order chi connectivity index (χ0) is 21.7. The molecule has 1 unspecified atom stereocenters. The quantitative estimate of drug-likeness (QED) is 0.592. The summed E-state index contributed by atoms with van der Waals surface area (Å²) < 4.78 is 12.6.